The molecule has 0 spiro atoms. The van der Waals surface area contributed by atoms with E-state index in [4.69, 9.17) is 23.2 Å². The second kappa shape index (κ2) is 6.42. The van der Waals surface area contributed by atoms with Gasteiger partial charge in [-0.15, -0.1) is 6.58 Å². The normalized spacial score (nSPS) is 9.88. The van der Waals surface area contributed by atoms with Gasteiger partial charge < -0.3 is 10.6 Å². The molecule has 0 aliphatic heterocycles. The first-order chi connectivity index (χ1) is 7.65. The van der Waals surface area contributed by atoms with Crippen LogP contribution >= 0.6 is 23.2 Å². The van der Waals surface area contributed by atoms with E-state index in [0.29, 0.717) is 6.54 Å². The Morgan fingerprint density at radius 2 is 2.06 bits per heavy atom. The fraction of sp³-hybridized carbons (Fsp3) is 0.222. The van der Waals surface area contributed by atoms with Gasteiger partial charge in [0.25, 0.3) is 0 Å². The molecule has 7 heteroatoms. The van der Waals surface area contributed by atoms with Crippen molar-refractivity contribution in [3.63, 3.8) is 0 Å². The van der Waals surface area contributed by atoms with E-state index in [1.54, 1.807) is 6.08 Å². The molecular formula is C9H10Cl2N4O. The fourth-order valence-electron chi connectivity index (χ4n) is 0.919. The van der Waals surface area contributed by atoms with Crippen LogP contribution in [0.5, 0.6) is 0 Å². The highest BCUT2D eigenvalue weighted by Gasteiger charge is 2.10. The Labute approximate surface area is 103 Å². The Balaban J connectivity index is 2.59. The Kier molecular flexibility index (Phi) is 5.18. The SMILES string of the molecule is C=CCNCC(=O)Nc1c(Cl)ncnc1Cl. The predicted octanol–water partition coefficient (Wildman–Crippen LogP) is 1.50. The largest absolute Gasteiger partial charge is 0.320 e. The van der Waals surface area contributed by atoms with Crippen molar-refractivity contribution in [2.24, 2.45) is 0 Å². The summed E-state index contributed by atoms with van der Waals surface area (Å²) < 4.78 is 0. The number of hydrogen-bond acceptors (Lipinski definition) is 4. The third-order valence-corrected chi connectivity index (χ3v) is 2.17. The smallest absolute Gasteiger partial charge is 0.238 e. The minimum Gasteiger partial charge on any atom is -0.320 e. The molecule has 16 heavy (non-hydrogen) atoms. The molecule has 0 unspecified atom stereocenters. The molecule has 0 saturated carbocycles. The Hall–Kier alpha value is -1.17. The van der Waals surface area contributed by atoms with Crippen LogP contribution in [0, 0.1) is 0 Å². The second-order valence-electron chi connectivity index (χ2n) is 2.80. The third kappa shape index (κ3) is 3.77. The average Bonchev–Trinajstić information content (AvgIpc) is 2.24. The van der Waals surface area contributed by atoms with Crippen molar-refractivity contribution in [3.05, 3.63) is 29.3 Å². The van der Waals surface area contributed by atoms with Gasteiger partial charge in [-0.1, -0.05) is 29.3 Å². The lowest BCUT2D eigenvalue weighted by atomic mass is 10.4. The standard InChI is InChI=1S/C9H10Cl2N4O/c1-2-3-12-4-6(16)15-7-8(10)13-5-14-9(7)11/h2,5,12H,1,3-4H2,(H,15,16). The molecular weight excluding hydrogens is 251 g/mol. The van der Waals surface area contributed by atoms with Crippen LogP contribution in [0.15, 0.2) is 19.0 Å². The van der Waals surface area contributed by atoms with Crippen LogP contribution in [0.2, 0.25) is 10.3 Å². The maximum absolute atomic E-state index is 11.4. The van der Waals surface area contributed by atoms with E-state index in [1.165, 1.54) is 6.33 Å². The number of aromatic nitrogens is 2. The topological polar surface area (TPSA) is 66.9 Å². The molecule has 0 saturated heterocycles. The lowest BCUT2D eigenvalue weighted by Crippen LogP contribution is -2.28. The van der Waals surface area contributed by atoms with Crippen molar-refractivity contribution < 1.29 is 4.79 Å². The number of carbonyl (C=O) groups excluding carboxylic acids is 1. The quantitative estimate of drug-likeness (QED) is 0.479. The van der Waals surface area contributed by atoms with Gasteiger partial charge in [0.2, 0.25) is 5.91 Å². The molecule has 1 aromatic heterocycles. The molecule has 0 radical (unpaired) electrons. The number of nitrogens with one attached hydrogen (secondary N) is 2. The van der Waals surface area contributed by atoms with Crippen molar-refractivity contribution in [2.45, 2.75) is 0 Å². The molecule has 5 nitrogen and oxygen atoms in total. The van der Waals surface area contributed by atoms with E-state index in [-0.39, 0.29) is 28.4 Å². The Bertz CT molecular complexity index is 377. The van der Waals surface area contributed by atoms with Gasteiger partial charge >= 0.3 is 0 Å². The van der Waals surface area contributed by atoms with Crippen LogP contribution in [0.25, 0.3) is 0 Å². The molecule has 2 N–H and O–H groups in total. The van der Waals surface area contributed by atoms with E-state index in [0.717, 1.165) is 0 Å². The average molecular weight is 261 g/mol. The molecule has 1 aromatic rings. The lowest BCUT2D eigenvalue weighted by molar-refractivity contribution is -0.115. The zero-order valence-corrected chi connectivity index (χ0v) is 9.85. The number of rotatable bonds is 5. The maximum Gasteiger partial charge on any atom is 0.238 e. The first kappa shape index (κ1) is 12.9. The molecule has 0 aliphatic rings. The Morgan fingerprint density at radius 1 is 1.44 bits per heavy atom. The van der Waals surface area contributed by atoms with E-state index in [2.05, 4.69) is 27.2 Å². The minimum atomic E-state index is -0.277. The van der Waals surface area contributed by atoms with E-state index in [9.17, 15) is 4.79 Å². The highest BCUT2D eigenvalue weighted by Crippen LogP contribution is 2.25. The van der Waals surface area contributed by atoms with Crippen LogP contribution in [0.1, 0.15) is 0 Å². The monoisotopic (exact) mass is 260 g/mol. The van der Waals surface area contributed by atoms with Gasteiger partial charge in [0.1, 0.15) is 12.0 Å². The Morgan fingerprint density at radius 3 is 2.62 bits per heavy atom. The summed E-state index contributed by atoms with van der Waals surface area (Å²) >= 11 is 11.5. The molecule has 0 fully saturated rings. The van der Waals surface area contributed by atoms with Crippen molar-refractivity contribution >= 4 is 34.8 Å². The number of halogens is 2. The van der Waals surface area contributed by atoms with Gasteiger partial charge in [0.05, 0.1) is 6.54 Å². The van der Waals surface area contributed by atoms with Gasteiger partial charge in [0, 0.05) is 6.54 Å². The van der Waals surface area contributed by atoms with Crippen molar-refractivity contribution in [3.8, 4) is 0 Å². The minimum absolute atomic E-state index is 0.108. The number of carbonyl (C=O) groups is 1. The van der Waals surface area contributed by atoms with E-state index < -0.39 is 0 Å². The number of anilines is 1. The highest BCUT2D eigenvalue weighted by atomic mass is 35.5. The zero-order valence-electron chi connectivity index (χ0n) is 8.33. The van der Waals surface area contributed by atoms with Gasteiger partial charge in [-0.3, -0.25) is 4.79 Å². The second-order valence-corrected chi connectivity index (χ2v) is 3.51. The van der Waals surface area contributed by atoms with Gasteiger partial charge in [0.15, 0.2) is 10.3 Å². The molecule has 0 atom stereocenters. The summed E-state index contributed by atoms with van der Waals surface area (Å²) in [5.41, 5.74) is 0.219. The summed E-state index contributed by atoms with van der Waals surface area (Å²) in [7, 11) is 0. The maximum atomic E-state index is 11.4. The van der Waals surface area contributed by atoms with Crippen LogP contribution in [0.3, 0.4) is 0 Å². The first-order valence-electron chi connectivity index (χ1n) is 4.42. The van der Waals surface area contributed by atoms with E-state index >= 15 is 0 Å². The van der Waals surface area contributed by atoms with E-state index in [1.807, 2.05) is 0 Å². The molecule has 86 valence electrons. The summed E-state index contributed by atoms with van der Waals surface area (Å²) in [6, 6.07) is 0. The molecule has 0 aromatic carbocycles. The summed E-state index contributed by atoms with van der Waals surface area (Å²) in [6.07, 6.45) is 2.87. The van der Waals surface area contributed by atoms with Crippen LogP contribution in [-0.4, -0.2) is 29.0 Å². The van der Waals surface area contributed by atoms with Crippen molar-refractivity contribution in [2.75, 3.05) is 18.4 Å². The molecule has 0 aliphatic carbocycles. The van der Waals surface area contributed by atoms with Gasteiger partial charge in [-0.05, 0) is 0 Å². The van der Waals surface area contributed by atoms with Crippen LogP contribution in [0.4, 0.5) is 5.69 Å². The fourth-order valence-corrected chi connectivity index (χ4v) is 1.33. The molecule has 0 bridgehead atoms. The predicted molar refractivity (Wildman–Crippen MR) is 63.7 cm³/mol. The van der Waals surface area contributed by atoms with Gasteiger partial charge in [-0.25, -0.2) is 9.97 Å². The first-order valence-corrected chi connectivity index (χ1v) is 5.18. The lowest BCUT2D eigenvalue weighted by Gasteiger charge is -2.07. The van der Waals surface area contributed by atoms with Crippen LogP contribution in [-0.2, 0) is 4.79 Å². The van der Waals surface area contributed by atoms with Crippen molar-refractivity contribution in [1.82, 2.24) is 15.3 Å². The highest BCUT2D eigenvalue weighted by molar-refractivity contribution is 6.38. The number of hydrogen-bond donors (Lipinski definition) is 2. The van der Waals surface area contributed by atoms with Crippen molar-refractivity contribution in [1.29, 1.82) is 0 Å². The summed E-state index contributed by atoms with van der Waals surface area (Å²) in [4.78, 5) is 18.8. The van der Waals surface area contributed by atoms with Gasteiger partial charge in [-0.2, -0.15) is 0 Å². The summed E-state index contributed by atoms with van der Waals surface area (Å²) in [5, 5.41) is 5.57. The molecule has 1 amide bonds. The molecule has 1 heterocycles. The molecule has 1 rings (SSSR count). The van der Waals surface area contributed by atoms with Crippen LogP contribution < -0.4 is 10.6 Å². The summed E-state index contributed by atoms with van der Waals surface area (Å²) in [5.74, 6) is -0.277. The number of amides is 1. The number of nitrogens with zero attached hydrogens (tertiary/aromatic N) is 2. The zero-order chi connectivity index (χ0) is 12.0. The third-order valence-electron chi connectivity index (χ3n) is 1.59. The summed E-state index contributed by atoms with van der Waals surface area (Å²) in [6.45, 7) is 4.19.